The molecule has 1 aromatic carbocycles. The molecule has 0 aliphatic rings. The first-order chi connectivity index (χ1) is 9.94. The van der Waals surface area contributed by atoms with E-state index in [-0.39, 0.29) is 5.56 Å². The summed E-state index contributed by atoms with van der Waals surface area (Å²) in [6, 6.07) is 8.03. The lowest BCUT2D eigenvalue weighted by molar-refractivity contribution is 0.584. The SMILES string of the molecule is Cc1cc(=O)[nH]c(Sc2ccc(Br)cc2CNC(C)C)n1. The van der Waals surface area contributed by atoms with E-state index in [0.29, 0.717) is 11.2 Å². The fourth-order valence-corrected chi connectivity index (χ4v) is 3.16. The van der Waals surface area contributed by atoms with Crippen molar-refractivity contribution < 1.29 is 0 Å². The second kappa shape index (κ2) is 7.24. The fourth-order valence-electron chi connectivity index (χ4n) is 1.80. The molecule has 0 atom stereocenters. The first-order valence-electron chi connectivity index (χ1n) is 6.71. The molecule has 0 amide bonds. The first kappa shape index (κ1) is 16.3. The van der Waals surface area contributed by atoms with Gasteiger partial charge in [-0.25, -0.2) is 4.98 Å². The maximum Gasteiger partial charge on any atom is 0.251 e. The zero-order valence-corrected chi connectivity index (χ0v) is 14.6. The number of aromatic amines is 1. The van der Waals surface area contributed by atoms with Crippen LogP contribution in [0.4, 0.5) is 0 Å². The standard InChI is InChI=1S/C15H18BrN3OS/c1-9(2)17-8-11-7-12(16)4-5-13(11)21-15-18-10(3)6-14(20)19-15/h4-7,9,17H,8H2,1-3H3,(H,18,19,20). The Balaban J connectivity index is 2.28. The summed E-state index contributed by atoms with van der Waals surface area (Å²) in [6.07, 6.45) is 0. The normalized spacial score (nSPS) is 11.1. The van der Waals surface area contributed by atoms with Crippen LogP contribution in [-0.2, 0) is 6.54 Å². The van der Waals surface area contributed by atoms with E-state index in [0.717, 1.165) is 21.6 Å². The Labute approximate surface area is 136 Å². The van der Waals surface area contributed by atoms with Crippen LogP contribution < -0.4 is 10.9 Å². The Morgan fingerprint density at radius 3 is 2.81 bits per heavy atom. The van der Waals surface area contributed by atoms with Crippen LogP contribution in [0, 0.1) is 6.92 Å². The average molecular weight is 368 g/mol. The molecular formula is C15H18BrN3OS. The van der Waals surface area contributed by atoms with Crippen LogP contribution >= 0.6 is 27.7 Å². The summed E-state index contributed by atoms with van der Waals surface area (Å²) in [4.78, 5) is 19.7. The molecule has 0 bridgehead atoms. The maximum absolute atomic E-state index is 11.5. The van der Waals surface area contributed by atoms with Gasteiger partial charge in [0.25, 0.3) is 5.56 Å². The Morgan fingerprint density at radius 2 is 2.14 bits per heavy atom. The summed E-state index contributed by atoms with van der Waals surface area (Å²) >= 11 is 4.98. The molecule has 0 spiro atoms. The van der Waals surface area contributed by atoms with E-state index in [9.17, 15) is 4.79 Å². The number of nitrogens with one attached hydrogen (secondary N) is 2. The minimum absolute atomic E-state index is 0.121. The highest BCUT2D eigenvalue weighted by Gasteiger charge is 2.08. The zero-order valence-electron chi connectivity index (χ0n) is 12.2. The lowest BCUT2D eigenvalue weighted by Crippen LogP contribution is -2.22. The number of hydrogen-bond acceptors (Lipinski definition) is 4. The monoisotopic (exact) mass is 367 g/mol. The molecule has 0 fully saturated rings. The van der Waals surface area contributed by atoms with Crippen LogP contribution in [0.25, 0.3) is 0 Å². The van der Waals surface area contributed by atoms with Gasteiger partial charge in [-0.2, -0.15) is 0 Å². The fraction of sp³-hybridized carbons (Fsp3) is 0.333. The van der Waals surface area contributed by atoms with Gasteiger partial charge in [0.2, 0.25) is 0 Å². The minimum Gasteiger partial charge on any atom is -0.310 e. The molecule has 0 unspecified atom stereocenters. The van der Waals surface area contributed by atoms with E-state index in [2.05, 4.69) is 51.1 Å². The molecule has 0 saturated carbocycles. The third-order valence-electron chi connectivity index (χ3n) is 2.78. The maximum atomic E-state index is 11.5. The van der Waals surface area contributed by atoms with Gasteiger partial charge in [0.1, 0.15) is 0 Å². The molecule has 0 aliphatic heterocycles. The summed E-state index contributed by atoms with van der Waals surface area (Å²) in [7, 11) is 0. The quantitative estimate of drug-likeness (QED) is 0.794. The number of benzene rings is 1. The van der Waals surface area contributed by atoms with Gasteiger partial charge in [0.05, 0.1) is 0 Å². The van der Waals surface area contributed by atoms with E-state index in [4.69, 9.17) is 0 Å². The zero-order chi connectivity index (χ0) is 15.4. The summed E-state index contributed by atoms with van der Waals surface area (Å²) in [6.45, 7) is 6.83. The smallest absolute Gasteiger partial charge is 0.251 e. The van der Waals surface area contributed by atoms with E-state index in [1.54, 1.807) is 0 Å². The van der Waals surface area contributed by atoms with Crippen molar-refractivity contribution in [3.63, 3.8) is 0 Å². The number of rotatable bonds is 5. The highest BCUT2D eigenvalue weighted by molar-refractivity contribution is 9.10. The van der Waals surface area contributed by atoms with Crippen molar-refractivity contribution in [2.45, 2.75) is 43.4 Å². The van der Waals surface area contributed by atoms with Crippen LogP contribution in [0.2, 0.25) is 0 Å². The number of H-pyrrole nitrogens is 1. The van der Waals surface area contributed by atoms with Gasteiger partial charge in [-0.1, -0.05) is 41.5 Å². The van der Waals surface area contributed by atoms with E-state index in [1.807, 2.05) is 19.1 Å². The van der Waals surface area contributed by atoms with Gasteiger partial charge in [-0.3, -0.25) is 4.79 Å². The third kappa shape index (κ3) is 4.98. The lowest BCUT2D eigenvalue weighted by Gasteiger charge is -2.12. The van der Waals surface area contributed by atoms with Crippen molar-refractivity contribution >= 4 is 27.7 Å². The summed E-state index contributed by atoms with van der Waals surface area (Å²) in [5.41, 5.74) is 1.77. The predicted octanol–water partition coefficient (Wildman–Crippen LogP) is 3.49. The molecule has 2 aromatic rings. The van der Waals surface area contributed by atoms with Crippen molar-refractivity contribution in [1.29, 1.82) is 0 Å². The molecule has 112 valence electrons. The second-order valence-electron chi connectivity index (χ2n) is 5.08. The minimum atomic E-state index is -0.121. The van der Waals surface area contributed by atoms with Gasteiger partial charge in [-0.05, 0) is 30.7 Å². The summed E-state index contributed by atoms with van der Waals surface area (Å²) in [5, 5.41) is 4.03. The molecule has 4 nitrogen and oxygen atoms in total. The van der Waals surface area contributed by atoms with Crippen molar-refractivity contribution in [3.05, 3.63) is 50.3 Å². The van der Waals surface area contributed by atoms with Crippen molar-refractivity contribution in [3.8, 4) is 0 Å². The highest BCUT2D eigenvalue weighted by atomic mass is 79.9. The molecule has 1 aromatic heterocycles. The topological polar surface area (TPSA) is 57.8 Å². The highest BCUT2D eigenvalue weighted by Crippen LogP contribution is 2.29. The van der Waals surface area contributed by atoms with Crippen molar-refractivity contribution in [2.24, 2.45) is 0 Å². The first-order valence-corrected chi connectivity index (χ1v) is 8.32. The number of hydrogen-bond donors (Lipinski definition) is 2. The van der Waals surface area contributed by atoms with Crippen LogP contribution in [0.1, 0.15) is 25.1 Å². The molecule has 2 rings (SSSR count). The van der Waals surface area contributed by atoms with Gasteiger partial charge in [0.15, 0.2) is 5.16 Å². The molecule has 21 heavy (non-hydrogen) atoms. The van der Waals surface area contributed by atoms with Gasteiger partial charge in [0, 0.05) is 33.7 Å². The summed E-state index contributed by atoms with van der Waals surface area (Å²) < 4.78 is 1.04. The van der Waals surface area contributed by atoms with Crippen molar-refractivity contribution in [1.82, 2.24) is 15.3 Å². The molecular weight excluding hydrogens is 350 g/mol. The van der Waals surface area contributed by atoms with Crippen LogP contribution in [0.3, 0.4) is 0 Å². The van der Waals surface area contributed by atoms with Gasteiger partial charge in [-0.15, -0.1) is 0 Å². The van der Waals surface area contributed by atoms with Crippen LogP contribution in [0.15, 0.2) is 43.6 Å². The Morgan fingerprint density at radius 1 is 1.38 bits per heavy atom. The Hall–Kier alpha value is -1.11. The molecule has 1 heterocycles. The van der Waals surface area contributed by atoms with Gasteiger partial charge >= 0.3 is 0 Å². The lowest BCUT2D eigenvalue weighted by atomic mass is 10.2. The van der Waals surface area contributed by atoms with Crippen molar-refractivity contribution in [2.75, 3.05) is 0 Å². The number of aryl methyl sites for hydroxylation is 1. The Kier molecular flexibility index (Phi) is 5.61. The number of aromatic nitrogens is 2. The number of halogens is 1. The molecule has 0 saturated heterocycles. The number of nitrogens with zero attached hydrogens (tertiary/aromatic N) is 1. The molecule has 0 radical (unpaired) electrons. The van der Waals surface area contributed by atoms with E-state index in [1.165, 1.54) is 23.4 Å². The van der Waals surface area contributed by atoms with Crippen LogP contribution in [-0.4, -0.2) is 16.0 Å². The van der Waals surface area contributed by atoms with E-state index >= 15 is 0 Å². The van der Waals surface area contributed by atoms with Crippen LogP contribution in [0.5, 0.6) is 0 Å². The second-order valence-corrected chi connectivity index (χ2v) is 7.03. The van der Waals surface area contributed by atoms with E-state index < -0.39 is 0 Å². The Bertz CT molecular complexity index is 685. The summed E-state index contributed by atoms with van der Waals surface area (Å²) in [5.74, 6) is 0. The molecule has 2 N–H and O–H groups in total. The molecule has 0 aliphatic carbocycles. The van der Waals surface area contributed by atoms with Gasteiger partial charge < -0.3 is 10.3 Å². The average Bonchev–Trinajstić information content (AvgIpc) is 2.37. The molecule has 6 heteroatoms. The third-order valence-corrected chi connectivity index (χ3v) is 4.28. The predicted molar refractivity (Wildman–Crippen MR) is 89.8 cm³/mol. The largest absolute Gasteiger partial charge is 0.310 e.